The smallest absolute Gasteiger partial charge is 0.226 e. The van der Waals surface area contributed by atoms with Gasteiger partial charge in [-0.15, -0.1) is 0 Å². The summed E-state index contributed by atoms with van der Waals surface area (Å²) in [6.45, 7) is 0. The van der Waals surface area contributed by atoms with E-state index in [1.54, 1.807) is 6.07 Å². The fourth-order valence-corrected chi connectivity index (χ4v) is 3.99. The van der Waals surface area contributed by atoms with Crippen LogP contribution in [0.2, 0.25) is 5.15 Å². The molecule has 2 aliphatic carbocycles. The van der Waals surface area contributed by atoms with Crippen LogP contribution in [-0.2, 0) is 4.79 Å². The highest BCUT2D eigenvalue weighted by Crippen LogP contribution is 2.37. The van der Waals surface area contributed by atoms with E-state index < -0.39 is 0 Å². The quantitative estimate of drug-likeness (QED) is 0.797. The fraction of sp³-hybridized carbons (Fsp3) is 0.611. The molecule has 1 N–H and O–H groups in total. The number of halogens is 1. The van der Waals surface area contributed by atoms with Gasteiger partial charge in [-0.25, -0.2) is 9.97 Å². The van der Waals surface area contributed by atoms with Crippen molar-refractivity contribution in [3.63, 3.8) is 0 Å². The van der Waals surface area contributed by atoms with Gasteiger partial charge < -0.3 is 0 Å². The first-order valence-electron chi connectivity index (χ1n) is 9.05. The number of carbonyl (C=O) groups is 1. The Morgan fingerprint density at radius 3 is 2.67 bits per heavy atom. The van der Waals surface area contributed by atoms with Crippen molar-refractivity contribution >= 4 is 34.6 Å². The summed E-state index contributed by atoms with van der Waals surface area (Å²) in [7, 11) is 0. The van der Waals surface area contributed by atoms with Gasteiger partial charge in [0.15, 0.2) is 5.65 Å². The number of hydrogen-bond acceptors (Lipinski definition) is 3. The van der Waals surface area contributed by atoms with E-state index in [1.165, 1.54) is 32.1 Å². The molecule has 0 aromatic carbocycles. The van der Waals surface area contributed by atoms with E-state index in [1.807, 2.05) is 6.07 Å². The highest BCUT2D eigenvalue weighted by atomic mass is 35.5. The Morgan fingerprint density at radius 1 is 1.17 bits per heavy atom. The van der Waals surface area contributed by atoms with Crippen LogP contribution in [0.1, 0.15) is 63.8 Å². The molecule has 2 aliphatic rings. The molecule has 2 fully saturated rings. The number of pyridine rings is 1. The van der Waals surface area contributed by atoms with Crippen molar-refractivity contribution in [3.8, 4) is 0 Å². The topological polar surface area (TPSA) is 59.8 Å². The molecule has 0 atom stereocenters. The monoisotopic (exact) mass is 346 g/mol. The van der Waals surface area contributed by atoms with Gasteiger partial charge in [-0.05, 0) is 43.7 Å². The van der Waals surface area contributed by atoms with Gasteiger partial charge in [0, 0.05) is 12.5 Å². The van der Waals surface area contributed by atoms with Crippen molar-refractivity contribution in [3.05, 3.63) is 17.3 Å². The predicted molar refractivity (Wildman–Crippen MR) is 95.2 cm³/mol. The van der Waals surface area contributed by atoms with E-state index in [0.717, 1.165) is 36.3 Å². The van der Waals surface area contributed by atoms with Crippen molar-refractivity contribution in [2.75, 3.05) is 5.32 Å². The van der Waals surface area contributed by atoms with Crippen LogP contribution in [0, 0.1) is 5.92 Å². The summed E-state index contributed by atoms with van der Waals surface area (Å²) in [6.07, 6.45) is 10.2. The zero-order valence-corrected chi connectivity index (χ0v) is 14.6. The number of fused-ring (bicyclic) bond motifs is 1. The Bertz CT molecular complexity index is 747. The minimum Gasteiger partial charge on any atom is -0.296 e. The number of nitrogens with zero attached hydrogens (tertiary/aromatic N) is 3. The minimum absolute atomic E-state index is 0.0591. The number of carbonyl (C=O) groups excluding carboxylic acids is 1. The first-order chi connectivity index (χ1) is 11.7. The number of hydrogen-bond donors (Lipinski definition) is 1. The molecule has 0 saturated heterocycles. The fourth-order valence-electron chi connectivity index (χ4n) is 3.85. The van der Waals surface area contributed by atoms with Crippen molar-refractivity contribution in [2.45, 2.75) is 63.8 Å². The Kier molecular flexibility index (Phi) is 4.44. The Morgan fingerprint density at radius 2 is 1.96 bits per heavy atom. The summed E-state index contributed by atoms with van der Waals surface area (Å²) in [5.74, 6) is 1.41. The molecule has 0 unspecified atom stereocenters. The molecule has 0 aliphatic heterocycles. The van der Waals surface area contributed by atoms with Crippen LogP contribution < -0.4 is 5.32 Å². The molecule has 2 aromatic rings. The molecule has 1 amide bonds. The maximum atomic E-state index is 12.4. The molecular weight excluding hydrogens is 324 g/mol. The lowest BCUT2D eigenvalue weighted by molar-refractivity contribution is -0.116. The molecule has 2 heterocycles. The molecule has 6 heteroatoms. The molecule has 24 heavy (non-hydrogen) atoms. The largest absolute Gasteiger partial charge is 0.296 e. The third kappa shape index (κ3) is 3.14. The third-order valence-corrected chi connectivity index (χ3v) is 5.66. The Hall–Kier alpha value is -1.62. The van der Waals surface area contributed by atoms with E-state index in [-0.39, 0.29) is 5.91 Å². The molecule has 4 rings (SSSR count). The summed E-state index contributed by atoms with van der Waals surface area (Å²) in [5.41, 5.74) is 1.57. The highest BCUT2D eigenvalue weighted by Gasteiger charge is 2.26. The van der Waals surface area contributed by atoms with E-state index in [9.17, 15) is 4.79 Å². The molecule has 0 spiro atoms. The lowest BCUT2D eigenvalue weighted by Crippen LogP contribution is -2.22. The lowest BCUT2D eigenvalue weighted by atomic mass is 9.93. The van der Waals surface area contributed by atoms with Gasteiger partial charge >= 0.3 is 0 Å². The molecule has 0 bridgehead atoms. The summed E-state index contributed by atoms with van der Waals surface area (Å²) in [4.78, 5) is 21.4. The molecule has 2 saturated carbocycles. The first kappa shape index (κ1) is 15.9. The highest BCUT2D eigenvalue weighted by molar-refractivity contribution is 6.29. The van der Waals surface area contributed by atoms with Crippen LogP contribution >= 0.6 is 11.6 Å². The average Bonchev–Trinajstić information content (AvgIpc) is 3.13. The summed E-state index contributed by atoms with van der Waals surface area (Å²) in [5, 5.41) is 3.48. The number of nitrogens with one attached hydrogen (secondary N) is 1. The zero-order chi connectivity index (χ0) is 16.5. The molecule has 0 radical (unpaired) electrons. The summed E-state index contributed by atoms with van der Waals surface area (Å²) in [6, 6.07) is 3.98. The van der Waals surface area contributed by atoms with Crippen molar-refractivity contribution in [1.82, 2.24) is 14.5 Å². The molecule has 2 aromatic heterocycles. The van der Waals surface area contributed by atoms with Gasteiger partial charge in [0.25, 0.3) is 0 Å². The SMILES string of the molecule is O=C(CCC1CCCC1)Nc1nc2ccc(Cl)nc2n1C1CCC1. The normalized spacial score (nSPS) is 18.9. The third-order valence-electron chi connectivity index (χ3n) is 5.45. The van der Waals surface area contributed by atoms with Crippen molar-refractivity contribution in [1.29, 1.82) is 0 Å². The number of rotatable bonds is 5. The second-order valence-electron chi connectivity index (χ2n) is 7.10. The van der Waals surface area contributed by atoms with Gasteiger partial charge in [-0.3, -0.25) is 14.7 Å². The summed E-state index contributed by atoms with van der Waals surface area (Å²) >= 11 is 6.05. The molecule has 128 valence electrons. The molecule has 5 nitrogen and oxygen atoms in total. The van der Waals surface area contributed by atoms with Crippen LogP contribution in [-0.4, -0.2) is 20.4 Å². The lowest BCUT2D eigenvalue weighted by Gasteiger charge is -2.28. The van der Waals surface area contributed by atoms with Gasteiger partial charge in [-0.2, -0.15) is 0 Å². The maximum Gasteiger partial charge on any atom is 0.226 e. The maximum absolute atomic E-state index is 12.4. The Labute approximate surface area is 146 Å². The summed E-state index contributed by atoms with van der Waals surface area (Å²) < 4.78 is 2.07. The number of imidazole rings is 1. The van der Waals surface area contributed by atoms with Crippen LogP contribution in [0.3, 0.4) is 0 Å². The Balaban J connectivity index is 1.53. The zero-order valence-electron chi connectivity index (χ0n) is 13.8. The van der Waals surface area contributed by atoms with Gasteiger partial charge in [0.2, 0.25) is 11.9 Å². The van der Waals surface area contributed by atoms with Crippen molar-refractivity contribution < 1.29 is 4.79 Å². The van der Waals surface area contributed by atoms with E-state index in [0.29, 0.717) is 23.6 Å². The second-order valence-corrected chi connectivity index (χ2v) is 7.49. The van der Waals surface area contributed by atoms with Gasteiger partial charge in [0.05, 0.1) is 0 Å². The minimum atomic E-state index is 0.0591. The number of anilines is 1. The van der Waals surface area contributed by atoms with Crippen LogP contribution in [0.15, 0.2) is 12.1 Å². The van der Waals surface area contributed by atoms with Crippen molar-refractivity contribution in [2.24, 2.45) is 5.92 Å². The average molecular weight is 347 g/mol. The molecular formula is C18H23ClN4O. The van der Waals surface area contributed by atoms with Gasteiger partial charge in [-0.1, -0.05) is 37.3 Å². The first-order valence-corrected chi connectivity index (χ1v) is 9.43. The second kappa shape index (κ2) is 6.71. The standard InChI is InChI=1S/C18H23ClN4O/c19-15-10-9-14-17(21-15)23(13-6-3-7-13)18(20-14)22-16(24)11-8-12-4-1-2-5-12/h9-10,12-13H,1-8,11H2,(H,20,22,24). The van der Waals surface area contributed by atoms with E-state index in [4.69, 9.17) is 11.6 Å². The van der Waals surface area contributed by atoms with Crippen LogP contribution in [0.25, 0.3) is 11.2 Å². The van der Waals surface area contributed by atoms with Crippen LogP contribution in [0.5, 0.6) is 0 Å². The van der Waals surface area contributed by atoms with E-state index >= 15 is 0 Å². The predicted octanol–water partition coefficient (Wildman–Crippen LogP) is 4.72. The number of aromatic nitrogens is 3. The van der Waals surface area contributed by atoms with E-state index in [2.05, 4.69) is 19.9 Å². The number of amides is 1. The van der Waals surface area contributed by atoms with Gasteiger partial charge in [0.1, 0.15) is 10.7 Å². The van der Waals surface area contributed by atoms with Crippen LogP contribution in [0.4, 0.5) is 5.95 Å².